The van der Waals surface area contributed by atoms with E-state index in [1.807, 2.05) is 0 Å². The summed E-state index contributed by atoms with van der Waals surface area (Å²) in [5, 5.41) is 3.92. The summed E-state index contributed by atoms with van der Waals surface area (Å²) in [5.74, 6) is -1.14. The van der Waals surface area contributed by atoms with E-state index in [2.05, 4.69) is 5.32 Å². The van der Waals surface area contributed by atoms with E-state index in [4.69, 9.17) is 0 Å². The van der Waals surface area contributed by atoms with Gasteiger partial charge in [-0.25, -0.2) is 0 Å². The van der Waals surface area contributed by atoms with Crippen LogP contribution in [0.1, 0.15) is 9.67 Å². The quantitative estimate of drug-likeness (QED) is 0.674. The van der Waals surface area contributed by atoms with Gasteiger partial charge in [0.25, 0.3) is 5.91 Å². The van der Waals surface area contributed by atoms with Crippen LogP contribution in [0.25, 0.3) is 0 Å². The Bertz CT molecular complexity index is 397. The summed E-state index contributed by atoms with van der Waals surface area (Å²) in [4.78, 5) is 35.6. The van der Waals surface area contributed by atoms with Crippen LogP contribution in [-0.2, 0) is 9.59 Å². The third-order valence-electron chi connectivity index (χ3n) is 1.97. The molecule has 0 unspecified atom stereocenters. The molecule has 1 N–H and O–H groups in total. The Morgan fingerprint density at radius 3 is 2.53 bits per heavy atom. The topological polar surface area (TPSA) is 66.5 Å². The maximum atomic E-state index is 11.8. The van der Waals surface area contributed by atoms with Crippen molar-refractivity contribution in [1.29, 1.82) is 0 Å². The van der Waals surface area contributed by atoms with Crippen LogP contribution in [0.4, 0.5) is 0 Å². The molecule has 5 nitrogen and oxygen atoms in total. The molecular formula is C9H8N2O3S. The van der Waals surface area contributed by atoms with Gasteiger partial charge >= 0.3 is 0 Å². The summed E-state index contributed by atoms with van der Waals surface area (Å²) in [6, 6.07) is 3.42. The molecule has 1 aromatic rings. The summed E-state index contributed by atoms with van der Waals surface area (Å²) in [6.45, 7) is -0.106. The number of amides is 3. The third kappa shape index (κ3) is 2.04. The highest BCUT2D eigenvalue weighted by molar-refractivity contribution is 7.12. The van der Waals surface area contributed by atoms with Crippen LogP contribution >= 0.6 is 11.3 Å². The van der Waals surface area contributed by atoms with Crippen molar-refractivity contribution in [3.8, 4) is 0 Å². The van der Waals surface area contributed by atoms with E-state index in [1.54, 1.807) is 17.5 Å². The second kappa shape index (κ2) is 3.82. The van der Waals surface area contributed by atoms with E-state index in [1.165, 1.54) is 16.2 Å². The number of piperazine rings is 1. The predicted octanol–water partition coefficient (Wildman–Crippen LogP) is -0.153. The summed E-state index contributed by atoms with van der Waals surface area (Å²) in [7, 11) is 0. The van der Waals surface area contributed by atoms with E-state index in [0.717, 1.165) is 0 Å². The van der Waals surface area contributed by atoms with Gasteiger partial charge in [-0.05, 0) is 11.4 Å². The molecule has 1 saturated heterocycles. The fourth-order valence-electron chi connectivity index (χ4n) is 1.34. The average Bonchev–Trinajstić information content (AvgIpc) is 2.67. The van der Waals surface area contributed by atoms with Crippen LogP contribution in [0, 0.1) is 0 Å². The molecule has 0 saturated carbocycles. The molecule has 15 heavy (non-hydrogen) atoms. The number of hydrogen-bond acceptors (Lipinski definition) is 4. The zero-order valence-electron chi connectivity index (χ0n) is 7.73. The van der Waals surface area contributed by atoms with Crippen LogP contribution in [-0.4, -0.2) is 35.7 Å². The standard InChI is InChI=1S/C9H8N2O3S/c12-7-4-11(5-8(13)10-7)9(14)6-2-1-3-15-6/h1-3H,4-5H2,(H,10,12,13). The molecule has 1 aliphatic rings. The minimum absolute atomic E-state index is 0.0531. The zero-order chi connectivity index (χ0) is 10.8. The van der Waals surface area contributed by atoms with Gasteiger partial charge in [0, 0.05) is 0 Å². The molecule has 0 bridgehead atoms. The van der Waals surface area contributed by atoms with Crippen molar-refractivity contribution in [3.05, 3.63) is 22.4 Å². The van der Waals surface area contributed by atoms with Gasteiger partial charge in [0.1, 0.15) is 13.1 Å². The molecule has 3 amide bonds. The Kier molecular flexibility index (Phi) is 2.51. The van der Waals surface area contributed by atoms with Crippen molar-refractivity contribution in [3.63, 3.8) is 0 Å². The smallest absolute Gasteiger partial charge is 0.264 e. The molecule has 78 valence electrons. The van der Waals surface area contributed by atoms with Crippen molar-refractivity contribution in [1.82, 2.24) is 10.2 Å². The highest BCUT2D eigenvalue weighted by atomic mass is 32.1. The second-order valence-electron chi connectivity index (χ2n) is 3.11. The Morgan fingerprint density at radius 1 is 1.33 bits per heavy atom. The summed E-state index contributed by atoms with van der Waals surface area (Å²) < 4.78 is 0. The first-order valence-electron chi connectivity index (χ1n) is 4.32. The molecule has 0 aliphatic carbocycles. The van der Waals surface area contributed by atoms with E-state index < -0.39 is 11.8 Å². The van der Waals surface area contributed by atoms with E-state index in [9.17, 15) is 14.4 Å². The SMILES string of the molecule is O=C1CN(C(=O)c2cccs2)CC(=O)N1. The van der Waals surface area contributed by atoms with Gasteiger partial charge in [-0.1, -0.05) is 6.07 Å². The highest BCUT2D eigenvalue weighted by Crippen LogP contribution is 2.12. The number of hydrogen-bond donors (Lipinski definition) is 1. The van der Waals surface area contributed by atoms with Crippen molar-refractivity contribution in [2.75, 3.05) is 13.1 Å². The van der Waals surface area contributed by atoms with Crippen molar-refractivity contribution in [2.45, 2.75) is 0 Å². The van der Waals surface area contributed by atoms with E-state index in [0.29, 0.717) is 4.88 Å². The number of rotatable bonds is 1. The van der Waals surface area contributed by atoms with Gasteiger partial charge in [-0.3, -0.25) is 19.7 Å². The number of carbonyl (C=O) groups is 3. The lowest BCUT2D eigenvalue weighted by atomic mass is 10.3. The van der Waals surface area contributed by atoms with Gasteiger partial charge < -0.3 is 4.90 Å². The molecule has 1 aliphatic heterocycles. The second-order valence-corrected chi connectivity index (χ2v) is 4.06. The fourth-order valence-corrected chi connectivity index (χ4v) is 2.03. The lowest BCUT2D eigenvalue weighted by Gasteiger charge is -2.24. The minimum Gasteiger partial charge on any atom is -0.319 e. The largest absolute Gasteiger partial charge is 0.319 e. The molecule has 0 aromatic carbocycles. The number of nitrogens with one attached hydrogen (secondary N) is 1. The molecule has 0 atom stereocenters. The molecule has 0 radical (unpaired) electrons. The molecule has 6 heteroatoms. The Morgan fingerprint density at radius 2 is 2.00 bits per heavy atom. The van der Waals surface area contributed by atoms with Crippen LogP contribution in [0.15, 0.2) is 17.5 Å². The minimum atomic E-state index is -0.434. The van der Waals surface area contributed by atoms with Gasteiger partial charge in [-0.2, -0.15) is 0 Å². The molecule has 0 spiro atoms. The summed E-state index contributed by atoms with van der Waals surface area (Å²) in [5.41, 5.74) is 0. The Labute approximate surface area is 89.7 Å². The maximum Gasteiger partial charge on any atom is 0.264 e. The Hall–Kier alpha value is -1.69. The normalized spacial score (nSPS) is 16.4. The maximum absolute atomic E-state index is 11.8. The predicted molar refractivity (Wildman–Crippen MR) is 53.4 cm³/mol. The molecule has 1 fully saturated rings. The van der Waals surface area contributed by atoms with Gasteiger partial charge in [-0.15, -0.1) is 11.3 Å². The zero-order valence-corrected chi connectivity index (χ0v) is 8.54. The number of thiophene rings is 1. The lowest BCUT2D eigenvalue weighted by Crippen LogP contribution is -2.53. The van der Waals surface area contributed by atoms with Gasteiger partial charge in [0.15, 0.2) is 0 Å². The van der Waals surface area contributed by atoms with Crippen LogP contribution in [0.3, 0.4) is 0 Å². The third-order valence-corrected chi connectivity index (χ3v) is 2.82. The van der Waals surface area contributed by atoms with Gasteiger partial charge in [0.05, 0.1) is 4.88 Å². The first kappa shape index (κ1) is 9.85. The van der Waals surface area contributed by atoms with E-state index >= 15 is 0 Å². The number of carbonyl (C=O) groups excluding carboxylic acids is 3. The summed E-state index contributed by atoms with van der Waals surface area (Å²) >= 11 is 1.29. The van der Waals surface area contributed by atoms with Crippen LogP contribution in [0.5, 0.6) is 0 Å². The van der Waals surface area contributed by atoms with Gasteiger partial charge in [0.2, 0.25) is 11.8 Å². The molecule has 2 heterocycles. The van der Waals surface area contributed by atoms with Crippen molar-refractivity contribution < 1.29 is 14.4 Å². The van der Waals surface area contributed by atoms with E-state index in [-0.39, 0.29) is 19.0 Å². The molecule has 1 aromatic heterocycles. The first-order chi connectivity index (χ1) is 7.16. The monoisotopic (exact) mass is 224 g/mol. The van der Waals surface area contributed by atoms with Crippen LogP contribution < -0.4 is 5.32 Å². The fraction of sp³-hybridized carbons (Fsp3) is 0.222. The first-order valence-corrected chi connectivity index (χ1v) is 5.20. The molecule has 2 rings (SSSR count). The number of imide groups is 1. The van der Waals surface area contributed by atoms with Crippen LogP contribution in [0.2, 0.25) is 0 Å². The highest BCUT2D eigenvalue weighted by Gasteiger charge is 2.27. The molecular weight excluding hydrogens is 216 g/mol. The van der Waals surface area contributed by atoms with Crippen molar-refractivity contribution in [2.24, 2.45) is 0 Å². The average molecular weight is 224 g/mol. The van der Waals surface area contributed by atoms with Crippen molar-refractivity contribution >= 4 is 29.1 Å². The number of nitrogens with zero attached hydrogens (tertiary/aromatic N) is 1. The Balaban J connectivity index is 2.14. The lowest BCUT2D eigenvalue weighted by molar-refractivity contribution is -0.135. The summed E-state index contributed by atoms with van der Waals surface area (Å²) in [6.07, 6.45) is 0.